The van der Waals surface area contributed by atoms with E-state index in [1.165, 1.54) is 71.4 Å². The van der Waals surface area contributed by atoms with Gasteiger partial charge in [0.2, 0.25) is 0 Å². The van der Waals surface area contributed by atoms with Gasteiger partial charge >= 0.3 is 0 Å². The zero-order valence-corrected chi connectivity index (χ0v) is 33.6. The fourth-order valence-electron chi connectivity index (χ4n) is 4.85. The summed E-state index contributed by atoms with van der Waals surface area (Å²) in [5, 5.41) is 0. The maximum absolute atomic E-state index is 2.48. The summed E-state index contributed by atoms with van der Waals surface area (Å²) in [6, 6.07) is 0. The minimum absolute atomic E-state index is 0. The Kier molecular flexibility index (Phi) is 30.4. The van der Waals surface area contributed by atoms with Crippen molar-refractivity contribution in [2.24, 2.45) is 35.5 Å². The second-order valence-electron chi connectivity index (χ2n) is 11.6. The Labute approximate surface area is 297 Å². The molecule has 0 amide bonds. The van der Waals surface area contributed by atoms with Crippen LogP contribution >= 0.6 is 0 Å². The Morgan fingerprint density at radius 3 is 1.40 bits per heavy atom. The van der Waals surface area contributed by atoms with Crippen LogP contribution in [0.2, 0.25) is 0 Å². The predicted molar refractivity (Wildman–Crippen MR) is 143 cm³/mol. The first kappa shape index (κ1) is 42.7. The summed E-state index contributed by atoms with van der Waals surface area (Å²) in [7, 11) is 6.66. The molecule has 0 bridgehead atoms. The molecule has 0 aromatic rings. The average Bonchev–Trinajstić information content (AvgIpc) is 2.87. The molecule has 0 aliphatic carbocycles. The fraction of sp³-hybridized carbons (Fsp3) is 0.897. The van der Waals surface area contributed by atoms with Crippen LogP contribution in [0.5, 0.6) is 0 Å². The molecule has 6 atom stereocenters. The third-order valence-electron chi connectivity index (χ3n) is 8.24. The Morgan fingerprint density at radius 2 is 0.886 bits per heavy atom. The normalized spacial score (nSPS) is 33.5. The van der Waals surface area contributed by atoms with Crippen LogP contribution in [0.4, 0.5) is 0 Å². The summed E-state index contributed by atoms with van der Waals surface area (Å²) < 4.78 is 0. The zero-order chi connectivity index (χ0) is 24.1. The number of rotatable bonds is 0. The quantitative estimate of drug-likeness (QED) is 0.278. The van der Waals surface area contributed by atoms with Crippen molar-refractivity contribution >= 4 is 0 Å². The molecule has 6 unspecified atom stereocenters. The molecule has 3 rings (SSSR count). The first-order valence-corrected chi connectivity index (χ1v) is 13.7. The number of likely N-dealkylation sites (tertiary alicyclic amines) is 3. The maximum atomic E-state index is 2.48. The molecule has 0 aromatic carbocycles. The number of hydrogen-bond acceptors (Lipinski definition) is 3. The van der Waals surface area contributed by atoms with Gasteiger partial charge in [-0.25, -0.2) is 0 Å². The Morgan fingerprint density at radius 1 is 0.486 bits per heavy atom. The molecule has 3 radical (unpaired) electrons. The molecular formula is C29H58N3Y3-3. The van der Waals surface area contributed by atoms with Crippen molar-refractivity contribution in [2.45, 2.75) is 73.6 Å². The third-order valence-corrected chi connectivity index (χ3v) is 8.24. The van der Waals surface area contributed by atoms with E-state index in [1.54, 1.807) is 0 Å². The van der Waals surface area contributed by atoms with Crippen LogP contribution in [-0.2, 0) is 98.1 Å². The minimum Gasteiger partial charge on any atom is -0.325 e. The molecule has 0 spiro atoms. The van der Waals surface area contributed by atoms with Crippen molar-refractivity contribution in [1.29, 1.82) is 0 Å². The molecule has 3 fully saturated rings. The van der Waals surface area contributed by atoms with E-state index < -0.39 is 0 Å². The first-order valence-electron chi connectivity index (χ1n) is 13.7. The van der Waals surface area contributed by atoms with E-state index in [4.69, 9.17) is 0 Å². The monoisotopic (exact) mass is 715 g/mol. The van der Waals surface area contributed by atoms with Gasteiger partial charge in [-0.3, -0.25) is 0 Å². The molecular weight excluding hydrogens is 657 g/mol. The Balaban J connectivity index is -0.000000421. The van der Waals surface area contributed by atoms with Crippen molar-refractivity contribution in [3.63, 3.8) is 0 Å². The van der Waals surface area contributed by atoms with Crippen molar-refractivity contribution < 1.29 is 98.1 Å². The van der Waals surface area contributed by atoms with Gasteiger partial charge < -0.3 is 34.0 Å². The molecule has 3 nitrogen and oxygen atoms in total. The van der Waals surface area contributed by atoms with Crippen molar-refractivity contribution in [3.8, 4) is 0 Å². The second kappa shape index (κ2) is 24.9. The van der Waals surface area contributed by atoms with Gasteiger partial charge in [-0.2, -0.15) is 37.0 Å². The van der Waals surface area contributed by atoms with Gasteiger partial charge in [0.15, 0.2) is 0 Å². The fourth-order valence-corrected chi connectivity index (χ4v) is 4.85. The average molecular weight is 716 g/mol. The van der Waals surface area contributed by atoms with Gasteiger partial charge in [0.25, 0.3) is 0 Å². The van der Waals surface area contributed by atoms with Crippen LogP contribution < -0.4 is 0 Å². The molecule has 0 saturated carbocycles. The number of hydrogen-bond donors (Lipinski definition) is 0. The molecule has 0 aromatic heterocycles. The van der Waals surface area contributed by atoms with E-state index in [2.05, 4.69) is 96.6 Å². The van der Waals surface area contributed by atoms with Crippen LogP contribution in [0.15, 0.2) is 0 Å². The van der Waals surface area contributed by atoms with Crippen LogP contribution in [-0.4, -0.2) is 75.1 Å². The largest absolute Gasteiger partial charge is 0.325 e. The Bertz CT molecular complexity index is 468. The van der Waals surface area contributed by atoms with E-state index in [1.807, 2.05) is 0 Å². The molecule has 0 N–H and O–H groups in total. The SMILES string of the molecule is CC1[CH-]CCCN(C)CC1C.CC1[CH-]CCN(C)CC1C.CC1[CH-]CCN(C)CCC1C.[Y].[Y].[Y]. The zero-order valence-electron chi connectivity index (χ0n) is 25.0. The van der Waals surface area contributed by atoms with Crippen LogP contribution in [0, 0.1) is 54.8 Å². The topological polar surface area (TPSA) is 9.72 Å². The Hall–Kier alpha value is 3.19. The summed E-state index contributed by atoms with van der Waals surface area (Å²) in [5.41, 5.74) is 0. The summed E-state index contributed by atoms with van der Waals surface area (Å²) in [6.45, 7) is 21.6. The van der Waals surface area contributed by atoms with Crippen molar-refractivity contribution in [1.82, 2.24) is 14.7 Å². The second-order valence-corrected chi connectivity index (χ2v) is 11.6. The van der Waals surface area contributed by atoms with Crippen molar-refractivity contribution in [3.05, 3.63) is 19.3 Å². The third kappa shape index (κ3) is 20.7. The molecule has 3 aliphatic heterocycles. The van der Waals surface area contributed by atoms with Crippen LogP contribution in [0.25, 0.3) is 0 Å². The van der Waals surface area contributed by atoms with E-state index in [0.717, 1.165) is 35.5 Å². The van der Waals surface area contributed by atoms with E-state index in [0.29, 0.717) is 0 Å². The van der Waals surface area contributed by atoms with Gasteiger partial charge in [0.05, 0.1) is 0 Å². The van der Waals surface area contributed by atoms with Gasteiger partial charge in [-0.1, -0.05) is 65.7 Å². The van der Waals surface area contributed by atoms with Crippen LogP contribution in [0.3, 0.4) is 0 Å². The molecule has 6 heteroatoms. The molecule has 3 aliphatic rings. The standard InChI is InChI=1S/2C10H20N.C9H18N.3Y/c1-9-5-4-7-11(3)8-6-10(9)2;1-9-6-4-5-7-11(3)8-10(9)2;1-8-5-4-6-10(3)7-9(8)2;;;/h5,9-10H,4,6-8H2,1-3H3;6,9-10H,4-5,7-8H2,1-3H3;5,8-9H,4,6-7H2,1-3H3;;;/q3*-1;;;. The molecule has 35 heavy (non-hydrogen) atoms. The summed E-state index contributed by atoms with van der Waals surface area (Å²) >= 11 is 0. The summed E-state index contributed by atoms with van der Waals surface area (Å²) in [5.74, 6) is 4.98. The van der Waals surface area contributed by atoms with Crippen molar-refractivity contribution in [2.75, 3.05) is 60.4 Å². The van der Waals surface area contributed by atoms with E-state index >= 15 is 0 Å². The van der Waals surface area contributed by atoms with Gasteiger partial charge in [0, 0.05) is 98.1 Å². The maximum Gasteiger partial charge on any atom is 0 e. The van der Waals surface area contributed by atoms with Crippen LogP contribution in [0.1, 0.15) is 73.6 Å². The van der Waals surface area contributed by atoms with Gasteiger partial charge in [-0.05, 0) is 66.8 Å². The van der Waals surface area contributed by atoms with E-state index in [9.17, 15) is 0 Å². The van der Waals surface area contributed by atoms with Gasteiger partial charge in [-0.15, -0.1) is 0 Å². The molecule has 3 saturated heterocycles. The molecule has 3 heterocycles. The van der Waals surface area contributed by atoms with Gasteiger partial charge in [0.1, 0.15) is 0 Å². The minimum atomic E-state index is 0. The predicted octanol–water partition coefficient (Wildman–Crippen LogP) is 6.17. The summed E-state index contributed by atoms with van der Waals surface area (Å²) in [6.07, 6.45) is 13.9. The van der Waals surface area contributed by atoms with E-state index in [-0.39, 0.29) is 98.1 Å². The number of nitrogens with zero attached hydrogens (tertiary/aromatic N) is 3. The first-order chi connectivity index (χ1) is 15.1. The molecule has 201 valence electrons. The smallest absolute Gasteiger partial charge is 0 e. The summed E-state index contributed by atoms with van der Waals surface area (Å²) in [4.78, 5) is 7.30.